The van der Waals surface area contributed by atoms with Crippen LogP contribution in [0.1, 0.15) is 31.9 Å². The van der Waals surface area contributed by atoms with Gasteiger partial charge in [-0.3, -0.25) is 0 Å². The minimum absolute atomic E-state index is 0.0586. The molecule has 0 aromatic heterocycles. The van der Waals surface area contributed by atoms with E-state index in [1.165, 1.54) is 12.7 Å². The van der Waals surface area contributed by atoms with Gasteiger partial charge in [0.1, 0.15) is 5.75 Å². The summed E-state index contributed by atoms with van der Waals surface area (Å²) in [6.45, 7) is 8.28. The van der Waals surface area contributed by atoms with Crippen LogP contribution in [0.3, 0.4) is 0 Å². The number of carbonyl (C=O) groups excluding carboxylic acids is 1. The largest absolute Gasteiger partial charge is 0.480 e. The Morgan fingerprint density at radius 3 is 2.39 bits per heavy atom. The van der Waals surface area contributed by atoms with Gasteiger partial charge in [0.05, 0.1) is 7.11 Å². The van der Waals surface area contributed by atoms with Crippen LogP contribution in [0.15, 0.2) is 17.0 Å². The topological polar surface area (TPSA) is 35.5 Å². The maximum absolute atomic E-state index is 11.1. The number of carbonyl (C=O) groups is 1. The first-order valence-corrected chi connectivity index (χ1v) is 6.24. The van der Waals surface area contributed by atoms with Gasteiger partial charge in [0.15, 0.2) is 6.61 Å². The van der Waals surface area contributed by atoms with Crippen molar-refractivity contribution < 1.29 is 14.3 Å². The van der Waals surface area contributed by atoms with Gasteiger partial charge in [0.2, 0.25) is 0 Å². The van der Waals surface area contributed by atoms with Crippen molar-refractivity contribution in [1.29, 1.82) is 0 Å². The van der Waals surface area contributed by atoms with E-state index in [1.54, 1.807) is 0 Å². The molecule has 1 aromatic rings. The summed E-state index contributed by atoms with van der Waals surface area (Å²) in [4.78, 5) is 11.8. The minimum Gasteiger partial charge on any atom is -0.480 e. The normalized spacial score (nSPS) is 11.2. The summed E-state index contributed by atoms with van der Waals surface area (Å²) < 4.78 is 9.98. The van der Waals surface area contributed by atoms with Crippen molar-refractivity contribution >= 4 is 18.6 Å². The molecular formula is C14H20O3S. The maximum atomic E-state index is 11.1. The molecule has 0 saturated heterocycles. The summed E-state index contributed by atoms with van der Waals surface area (Å²) in [6.07, 6.45) is 0. The maximum Gasteiger partial charge on any atom is 0.343 e. The fourth-order valence-electron chi connectivity index (χ4n) is 1.57. The van der Waals surface area contributed by atoms with E-state index < -0.39 is 5.97 Å². The Hall–Kier alpha value is -1.16. The Morgan fingerprint density at radius 2 is 1.94 bits per heavy atom. The van der Waals surface area contributed by atoms with Gasteiger partial charge in [0.25, 0.3) is 0 Å². The summed E-state index contributed by atoms with van der Waals surface area (Å²) in [6, 6.07) is 4.04. The third-order valence-electron chi connectivity index (χ3n) is 2.68. The van der Waals surface area contributed by atoms with Crippen LogP contribution in [0.4, 0.5) is 0 Å². The van der Waals surface area contributed by atoms with Gasteiger partial charge in [-0.1, -0.05) is 26.8 Å². The molecule has 3 nitrogen and oxygen atoms in total. The molecule has 18 heavy (non-hydrogen) atoms. The van der Waals surface area contributed by atoms with Crippen molar-refractivity contribution in [1.82, 2.24) is 0 Å². The number of methoxy groups -OCH3 is 1. The highest BCUT2D eigenvalue weighted by Crippen LogP contribution is 2.33. The van der Waals surface area contributed by atoms with E-state index in [9.17, 15) is 4.79 Å². The summed E-state index contributed by atoms with van der Waals surface area (Å²) in [7, 11) is 1.34. The number of rotatable bonds is 3. The molecule has 0 N–H and O–H groups in total. The molecule has 0 atom stereocenters. The average Bonchev–Trinajstić information content (AvgIpc) is 2.26. The lowest BCUT2D eigenvalue weighted by Gasteiger charge is -2.22. The van der Waals surface area contributed by atoms with Crippen LogP contribution in [0.2, 0.25) is 0 Å². The highest BCUT2D eigenvalue weighted by atomic mass is 32.1. The number of ether oxygens (including phenoxy) is 2. The fraction of sp³-hybridized carbons (Fsp3) is 0.500. The molecule has 1 aromatic carbocycles. The molecular weight excluding hydrogens is 248 g/mol. The molecule has 1 rings (SSSR count). The molecule has 0 spiro atoms. The molecule has 0 bridgehead atoms. The zero-order valence-electron chi connectivity index (χ0n) is 11.5. The van der Waals surface area contributed by atoms with Crippen LogP contribution in [-0.2, 0) is 14.9 Å². The van der Waals surface area contributed by atoms with Crippen molar-refractivity contribution in [3.05, 3.63) is 23.3 Å². The van der Waals surface area contributed by atoms with Crippen molar-refractivity contribution in [3.63, 3.8) is 0 Å². The van der Waals surface area contributed by atoms with Gasteiger partial charge in [-0.2, -0.15) is 0 Å². The Bertz CT molecular complexity index is 424. The van der Waals surface area contributed by atoms with Crippen LogP contribution >= 0.6 is 12.6 Å². The zero-order valence-corrected chi connectivity index (χ0v) is 12.4. The second-order valence-corrected chi connectivity index (χ2v) is 5.74. The zero-order chi connectivity index (χ0) is 13.9. The first kappa shape index (κ1) is 14.9. The minimum atomic E-state index is -0.401. The molecule has 4 heteroatoms. The summed E-state index contributed by atoms with van der Waals surface area (Å²) in [5.41, 5.74) is 2.22. The van der Waals surface area contributed by atoms with Gasteiger partial charge < -0.3 is 9.47 Å². The molecule has 0 fully saturated rings. The van der Waals surface area contributed by atoms with Gasteiger partial charge in [-0.05, 0) is 29.5 Å². The van der Waals surface area contributed by atoms with E-state index in [0.717, 1.165) is 10.5 Å². The Labute approximate surface area is 114 Å². The number of thiol groups is 1. The second-order valence-electron chi connectivity index (χ2n) is 5.26. The molecule has 0 heterocycles. The third-order valence-corrected chi connectivity index (χ3v) is 3.02. The van der Waals surface area contributed by atoms with E-state index in [-0.39, 0.29) is 12.0 Å². The number of aryl methyl sites for hydroxylation is 1. The van der Waals surface area contributed by atoms with Crippen LogP contribution in [0.25, 0.3) is 0 Å². The van der Waals surface area contributed by atoms with Gasteiger partial charge >= 0.3 is 5.97 Å². The predicted octanol–water partition coefficient (Wildman–Crippen LogP) is 3.13. The van der Waals surface area contributed by atoms with Crippen LogP contribution < -0.4 is 4.74 Å². The van der Waals surface area contributed by atoms with Crippen LogP contribution in [-0.4, -0.2) is 19.7 Å². The highest BCUT2D eigenvalue weighted by Gasteiger charge is 2.17. The van der Waals surface area contributed by atoms with Crippen LogP contribution in [0, 0.1) is 6.92 Å². The summed E-state index contributed by atoms with van der Waals surface area (Å²) >= 11 is 4.42. The van der Waals surface area contributed by atoms with Gasteiger partial charge in [-0.15, -0.1) is 12.6 Å². The van der Waals surface area contributed by atoms with Crippen molar-refractivity contribution in [3.8, 4) is 5.75 Å². The lowest BCUT2D eigenvalue weighted by Crippen LogP contribution is -2.15. The van der Waals surface area contributed by atoms with E-state index in [4.69, 9.17) is 4.74 Å². The van der Waals surface area contributed by atoms with Crippen molar-refractivity contribution in [2.24, 2.45) is 0 Å². The Kier molecular flexibility index (Phi) is 4.68. The van der Waals surface area contributed by atoms with Crippen molar-refractivity contribution in [2.75, 3.05) is 13.7 Å². The molecule has 0 aliphatic heterocycles. The number of benzene rings is 1. The fourth-order valence-corrected chi connectivity index (χ4v) is 1.95. The number of hydrogen-bond donors (Lipinski definition) is 1. The quantitative estimate of drug-likeness (QED) is 0.676. The van der Waals surface area contributed by atoms with E-state index in [0.29, 0.717) is 5.75 Å². The lowest BCUT2D eigenvalue weighted by molar-refractivity contribution is -0.142. The average molecular weight is 268 g/mol. The van der Waals surface area contributed by atoms with Crippen molar-refractivity contribution in [2.45, 2.75) is 38.0 Å². The molecule has 100 valence electrons. The molecule has 0 radical (unpaired) electrons. The van der Waals surface area contributed by atoms with E-state index >= 15 is 0 Å². The Balaban J connectivity index is 2.98. The standard InChI is InChI=1S/C14H20O3S/c1-9-6-10(14(2,3)4)7-11(18)13(9)17-8-12(15)16-5/h6-7,18H,8H2,1-5H3. The molecule has 0 aliphatic rings. The summed E-state index contributed by atoms with van der Waals surface area (Å²) in [5, 5.41) is 0. The molecule has 0 saturated carbocycles. The van der Waals surface area contributed by atoms with E-state index in [1.807, 2.05) is 13.0 Å². The SMILES string of the molecule is COC(=O)COc1c(C)cc(C(C)(C)C)cc1S. The number of esters is 1. The smallest absolute Gasteiger partial charge is 0.343 e. The third kappa shape index (κ3) is 3.67. The number of hydrogen-bond acceptors (Lipinski definition) is 4. The first-order valence-electron chi connectivity index (χ1n) is 5.79. The van der Waals surface area contributed by atoms with E-state index in [2.05, 4.69) is 44.2 Å². The monoisotopic (exact) mass is 268 g/mol. The second kappa shape index (κ2) is 5.65. The molecule has 0 aliphatic carbocycles. The first-order chi connectivity index (χ1) is 8.25. The molecule has 0 unspecified atom stereocenters. The lowest BCUT2D eigenvalue weighted by atomic mass is 9.86. The summed E-state index contributed by atoms with van der Waals surface area (Å²) in [5.74, 6) is 0.235. The Morgan fingerprint density at radius 1 is 1.33 bits per heavy atom. The van der Waals surface area contributed by atoms with Gasteiger partial charge in [0, 0.05) is 4.90 Å². The van der Waals surface area contributed by atoms with Gasteiger partial charge in [-0.25, -0.2) is 4.79 Å². The predicted molar refractivity (Wildman–Crippen MR) is 74.6 cm³/mol. The highest BCUT2D eigenvalue weighted by molar-refractivity contribution is 7.80. The van der Waals surface area contributed by atoms with Crippen LogP contribution in [0.5, 0.6) is 5.75 Å². The molecule has 0 amide bonds.